The van der Waals surface area contributed by atoms with E-state index in [4.69, 9.17) is 0 Å². The van der Waals surface area contributed by atoms with Crippen molar-refractivity contribution in [2.24, 2.45) is 0 Å². The maximum atomic E-state index is 11.2. The molecule has 2 N–H and O–H groups in total. The second-order valence-corrected chi connectivity index (χ2v) is 3.45. The first-order chi connectivity index (χ1) is 6.79. The third-order valence-electron chi connectivity index (χ3n) is 2.39. The zero-order valence-electron chi connectivity index (χ0n) is 8.26. The first kappa shape index (κ1) is 9.06. The number of fused-ring (bicyclic) bond motifs is 1. The molecule has 0 unspecified atom stereocenters. The van der Waals surface area contributed by atoms with Crippen LogP contribution in [0.4, 0.5) is 11.4 Å². The fourth-order valence-corrected chi connectivity index (χ4v) is 1.69. The molecule has 1 amide bonds. The Morgan fingerprint density at radius 3 is 3.07 bits per heavy atom. The van der Waals surface area contributed by atoms with Crippen molar-refractivity contribution in [1.29, 1.82) is 0 Å². The topological polar surface area (TPSA) is 41.1 Å². The molecule has 1 aromatic carbocycles. The van der Waals surface area contributed by atoms with Gasteiger partial charge in [-0.2, -0.15) is 0 Å². The van der Waals surface area contributed by atoms with Gasteiger partial charge in [0.25, 0.3) is 0 Å². The van der Waals surface area contributed by atoms with Crippen molar-refractivity contribution in [3.63, 3.8) is 0 Å². The van der Waals surface area contributed by atoms with Crippen LogP contribution in [0.3, 0.4) is 0 Å². The highest BCUT2D eigenvalue weighted by Crippen LogP contribution is 2.25. The molecular formula is C11H14N2O. The Morgan fingerprint density at radius 2 is 2.29 bits per heavy atom. The van der Waals surface area contributed by atoms with Gasteiger partial charge in [0, 0.05) is 24.3 Å². The molecule has 0 spiro atoms. The number of aryl methyl sites for hydroxylation is 1. The van der Waals surface area contributed by atoms with Crippen molar-refractivity contribution in [3.05, 3.63) is 23.8 Å². The first-order valence-electron chi connectivity index (χ1n) is 4.96. The van der Waals surface area contributed by atoms with Crippen LogP contribution in [0, 0.1) is 0 Å². The Kier molecular flexibility index (Phi) is 2.39. The van der Waals surface area contributed by atoms with Crippen LogP contribution in [-0.4, -0.2) is 12.5 Å². The van der Waals surface area contributed by atoms with Gasteiger partial charge in [0.2, 0.25) is 5.91 Å². The van der Waals surface area contributed by atoms with Crippen LogP contribution in [0.1, 0.15) is 18.9 Å². The van der Waals surface area contributed by atoms with Gasteiger partial charge in [0.1, 0.15) is 0 Å². The molecule has 1 aliphatic rings. The van der Waals surface area contributed by atoms with Crippen molar-refractivity contribution >= 4 is 17.3 Å². The van der Waals surface area contributed by atoms with Gasteiger partial charge in [0.05, 0.1) is 0 Å². The Balaban J connectivity index is 2.28. The Bertz CT molecular complexity index is 360. The minimum absolute atomic E-state index is 0.117. The van der Waals surface area contributed by atoms with Crippen molar-refractivity contribution in [2.75, 3.05) is 17.2 Å². The molecule has 0 aliphatic carbocycles. The van der Waals surface area contributed by atoms with E-state index in [1.807, 2.05) is 6.07 Å². The summed E-state index contributed by atoms with van der Waals surface area (Å²) in [5, 5.41) is 6.10. The number of carbonyl (C=O) groups excluding carboxylic acids is 1. The average Bonchev–Trinajstić information content (AvgIpc) is 2.17. The van der Waals surface area contributed by atoms with E-state index in [1.165, 1.54) is 5.56 Å². The zero-order valence-corrected chi connectivity index (χ0v) is 8.26. The second-order valence-electron chi connectivity index (χ2n) is 3.45. The predicted molar refractivity (Wildman–Crippen MR) is 57.6 cm³/mol. The molecular weight excluding hydrogens is 176 g/mol. The largest absolute Gasteiger partial charge is 0.385 e. The van der Waals surface area contributed by atoms with Crippen LogP contribution >= 0.6 is 0 Å². The van der Waals surface area contributed by atoms with Crippen LogP contribution in [0.25, 0.3) is 0 Å². The highest BCUT2D eigenvalue weighted by Gasteiger charge is 2.14. The molecule has 14 heavy (non-hydrogen) atoms. The van der Waals surface area contributed by atoms with Crippen LogP contribution in [-0.2, 0) is 11.2 Å². The molecule has 0 atom stereocenters. The van der Waals surface area contributed by atoms with Gasteiger partial charge < -0.3 is 10.6 Å². The van der Waals surface area contributed by atoms with Crippen molar-refractivity contribution in [1.82, 2.24) is 0 Å². The van der Waals surface area contributed by atoms with Crippen LogP contribution in [0.15, 0.2) is 18.2 Å². The van der Waals surface area contributed by atoms with E-state index in [9.17, 15) is 4.79 Å². The third kappa shape index (κ3) is 1.71. The zero-order chi connectivity index (χ0) is 9.97. The van der Waals surface area contributed by atoms with E-state index in [2.05, 4.69) is 29.7 Å². The number of rotatable bonds is 2. The Labute approximate surface area is 83.5 Å². The third-order valence-corrected chi connectivity index (χ3v) is 2.39. The summed E-state index contributed by atoms with van der Waals surface area (Å²) in [6.07, 6.45) is 1.46. The molecule has 3 nitrogen and oxygen atoms in total. The summed E-state index contributed by atoms with van der Waals surface area (Å²) < 4.78 is 0. The summed E-state index contributed by atoms with van der Waals surface area (Å²) in [6, 6.07) is 6.13. The molecule has 3 heteroatoms. The lowest BCUT2D eigenvalue weighted by Gasteiger charge is -2.17. The quantitative estimate of drug-likeness (QED) is 0.749. The maximum Gasteiger partial charge on any atom is 0.224 e. The summed E-state index contributed by atoms with van der Waals surface area (Å²) in [7, 11) is 0. The summed E-state index contributed by atoms with van der Waals surface area (Å²) in [6.45, 7) is 2.95. The van der Waals surface area contributed by atoms with Gasteiger partial charge in [-0.3, -0.25) is 4.79 Å². The fraction of sp³-hybridized carbons (Fsp3) is 0.364. The van der Waals surface area contributed by atoms with Gasteiger partial charge in [-0.1, -0.05) is 6.07 Å². The van der Waals surface area contributed by atoms with Gasteiger partial charge in [-0.25, -0.2) is 0 Å². The van der Waals surface area contributed by atoms with Gasteiger partial charge >= 0.3 is 0 Å². The lowest BCUT2D eigenvalue weighted by Crippen LogP contribution is -2.19. The van der Waals surface area contributed by atoms with Gasteiger partial charge in [0.15, 0.2) is 0 Å². The number of carbonyl (C=O) groups is 1. The van der Waals surface area contributed by atoms with E-state index in [-0.39, 0.29) is 5.91 Å². The maximum absolute atomic E-state index is 11.2. The van der Waals surface area contributed by atoms with E-state index < -0.39 is 0 Å². The normalized spacial score (nSPS) is 14.5. The van der Waals surface area contributed by atoms with E-state index in [0.29, 0.717) is 6.42 Å². The second kappa shape index (κ2) is 3.70. The van der Waals surface area contributed by atoms with E-state index in [0.717, 1.165) is 24.3 Å². The first-order valence-corrected chi connectivity index (χ1v) is 4.96. The molecule has 1 aliphatic heterocycles. The van der Waals surface area contributed by atoms with Gasteiger partial charge in [-0.15, -0.1) is 0 Å². The molecule has 0 fully saturated rings. The number of hydrogen-bond acceptors (Lipinski definition) is 2. The minimum atomic E-state index is 0.117. The van der Waals surface area contributed by atoms with Crippen LogP contribution < -0.4 is 10.6 Å². The average molecular weight is 190 g/mol. The number of hydrogen-bond donors (Lipinski definition) is 2. The number of benzene rings is 1. The summed E-state index contributed by atoms with van der Waals surface area (Å²) in [4.78, 5) is 11.2. The van der Waals surface area contributed by atoms with E-state index >= 15 is 0 Å². The van der Waals surface area contributed by atoms with Crippen molar-refractivity contribution < 1.29 is 4.79 Å². The lowest BCUT2D eigenvalue weighted by molar-refractivity contribution is -0.116. The van der Waals surface area contributed by atoms with Crippen molar-refractivity contribution in [3.8, 4) is 0 Å². The molecule has 74 valence electrons. The van der Waals surface area contributed by atoms with E-state index in [1.54, 1.807) is 0 Å². The molecule has 0 saturated carbocycles. The molecule has 0 aromatic heterocycles. The SMILES string of the molecule is CCNc1ccc2c(c1)NC(=O)CC2. The standard InChI is InChI=1S/C11H14N2O/c1-2-12-9-5-3-8-4-6-11(14)13-10(8)7-9/h3,5,7,12H,2,4,6H2,1H3,(H,13,14). The molecule has 1 aromatic rings. The Morgan fingerprint density at radius 1 is 1.43 bits per heavy atom. The molecule has 0 saturated heterocycles. The smallest absolute Gasteiger partial charge is 0.224 e. The number of nitrogens with one attached hydrogen (secondary N) is 2. The minimum Gasteiger partial charge on any atom is -0.385 e. The van der Waals surface area contributed by atoms with Crippen LogP contribution in [0.2, 0.25) is 0 Å². The highest BCUT2D eigenvalue weighted by atomic mass is 16.1. The van der Waals surface area contributed by atoms with Gasteiger partial charge in [-0.05, 0) is 31.0 Å². The summed E-state index contributed by atoms with van der Waals surface area (Å²) in [5.74, 6) is 0.117. The molecule has 1 heterocycles. The highest BCUT2D eigenvalue weighted by molar-refractivity contribution is 5.94. The van der Waals surface area contributed by atoms with Crippen molar-refractivity contribution in [2.45, 2.75) is 19.8 Å². The molecule has 0 bridgehead atoms. The lowest BCUT2D eigenvalue weighted by atomic mass is 10.0. The summed E-state index contributed by atoms with van der Waals surface area (Å²) in [5.41, 5.74) is 3.25. The fourth-order valence-electron chi connectivity index (χ4n) is 1.69. The van der Waals surface area contributed by atoms with Crippen LogP contribution in [0.5, 0.6) is 0 Å². The molecule has 2 rings (SSSR count). The number of amides is 1. The summed E-state index contributed by atoms with van der Waals surface area (Å²) >= 11 is 0. The monoisotopic (exact) mass is 190 g/mol. The molecule has 0 radical (unpaired) electrons. The predicted octanol–water partition coefficient (Wildman–Crippen LogP) is 2.00. The Hall–Kier alpha value is -1.51. The number of anilines is 2.